The van der Waals surface area contributed by atoms with Crippen molar-refractivity contribution in [3.05, 3.63) is 27.5 Å². The Bertz CT molecular complexity index is 443. The fourth-order valence-electron chi connectivity index (χ4n) is 1.37. The maximum atomic E-state index is 12.8. The van der Waals surface area contributed by atoms with Gasteiger partial charge in [0.05, 0.1) is 24.6 Å². The molecule has 0 radical (unpaired) electrons. The molecule has 3 nitrogen and oxygen atoms in total. The van der Waals surface area contributed by atoms with Crippen LogP contribution in [0.5, 0.6) is 0 Å². The topological polar surface area (TPSA) is 39.2 Å². The van der Waals surface area contributed by atoms with Crippen molar-refractivity contribution in [3.63, 3.8) is 0 Å². The summed E-state index contributed by atoms with van der Waals surface area (Å²) in [6.07, 6.45) is -2.99. The SMILES string of the molecule is CCOC(=O)Cc1cc(Br)c(CCl)nc1C(F)F. The lowest BCUT2D eigenvalue weighted by Gasteiger charge is -2.10. The van der Waals surface area contributed by atoms with Crippen molar-refractivity contribution >= 4 is 33.5 Å². The number of carbonyl (C=O) groups is 1. The maximum Gasteiger partial charge on any atom is 0.310 e. The van der Waals surface area contributed by atoms with Gasteiger partial charge in [-0.2, -0.15) is 0 Å². The average molecular weight is 343 g/mol. The standard InChI is InChI=1S/C11H11BrClF2NO2/c1-2-18-9(17)4-6-3-7(12)8(5-13)16-10(6)11(14)15/h3,11H,2,4-5H2,1H3. The molecule has 0 aromatic carbocycles. The Morgan fingerprint density at radius 3 is 2.78 bits per heavy atom. The Labute approximate surface area is 117 Å². The van der Waals surface area contributed by atoms with Gasteiger partial charge in [-0.25, -0.2) is 13.8 Å². The minimum absolute atomic E-state index is 0.0139. The number of hydrogen-bond donors (Lipinski definition) is 0. The normalized spacial score (nSPS) is 10.8. The zero-order chi connectivity index (χ0) is 13.7. The first kappa shape index (κ1) is 15.3. The van der Waals surface area contributed by atoms with E-state index < -0.39 is 18.1 Å². The first-order valence-corrected chi connectivity index (χ1v) is 6.50. The van der Waals surface area contributed by atoms with E-state index in [1.54, 1.807) is 6.92 Å². The van der Waals surface area contributed by atoms with Gasteiger partial charge in [0, 0.05) is 4.47 Å². The van der Waals surface area contributed by atoms with Crippen LogP contribution in [0.15, 0.2) is 10.5 Å². The summed E-state index contributed by atoms with van der Waals surface area (Å²) in [7, 11) is 0. The van der Waals surface area contributed by atoms with Crippen LogP contribution in [0.2, 0.25) is 0 Å². The molecule has 1 aromatic rings. The van der Waals surface area contributed by atoms with E-state index in [-0.39, 0.29) is 24.5 Å². The Morgan fingerprint density at radius 1 is 1.61 bits per heavy atom. The molecule has 0 saturated carbocycles. The number of nitrogens with zero attached hydrogens (tertiary/aromatic N) is 1. The number of halogens is 4. The van der Waals surface area contributed by atoms with Gasteiger partial charge in [0.2, 0.25) is 0 Å². The fraction of sp³-hybridized carbons (Fsp3) is 0.455. The van der Waals surface area contributed by atoms with Crippen LogP contribution in [0.3, 0.4) is 0 Å². The molecule has 0 aliphatic rings. The molecule has 0 N–H and O–H groups in total. The summed E-state index contributed by atoms with van der Waals surface area (Å²) in [5.74, 6) is -0.549. The number of aromatic nitrogens is 1. The number of rotatable bonds is 5. The number of pyridine rings is 1. The molecule has 0 saturated heterocycles. The first-order valence-electron chi connectivity index (χ1n) is 5.17. The van der Waals surface area contributed by atoms with Crippen LogP contribution in [-0.4, -0.2) is 17.6 Å². The highest BCUT2D eigenvalue weighted by molar-refractivity contribution is 9.10. The summed E-state index contributed by atoms with van der Waals surface area (Å²) >= 11 is 8.76. The first-order chi connectivity index (χ1) is 8.49. The molecular formula is C11H11BrClF2NO2. The second-order valence-corrected chi connectivity index (χ2v) is 4.50. The Balaban J connectivity index is 3.09. The monoisotopic (exact) mass is 341 g/mol. The van der Waals surface area contributed by atoms with Crippen molar-refractivity contribution < 1.29 is 18.3 Å². The number of carbonyl (C=O) groups excluding carboxylic acids is 1. The Hall–Kier alpha value is -0.750. The quantitative estimate of drug-likeness (QED) is 0.606. The minimum atomic E-state index is -2.76. The second-order valence-electron chi connectivity index (χ2n) is 3.38. The lowest BCUT2D eigenvalue weighted by molar-refractivity contribution is -0.142. The summed E-state index contributed by atoms with van der Waals surface area (Å²) in [5, 5.41) is 0. The van der Waals surface area contributed by atoms with Crippen LogP contribution in [-0.2, 0) is 21.8 Å². The molecule has 0 bridgehead atoms. The molecule has 0 aliphatic carbocycles. The summed E-state index contributed by atoms with van der Waals surface area (Å²) < 4.78 is 30.9. The van der Waals surface area contributed by atoms with E-state index >= 15 is 0 Å². The van der Waals surface area contributed by atoms with E-state index in [9.17, 15) is 13.6 Å². The van der Waals surface area contributed by atoms with Crippen LogP contribution in [0.25, 0.3) is 0 Å². The van der Waals surface area contributed by atoms with Gasteiger partial charge >= 0.3 is 5.97 Å². The van der Waals surface area contributed by atoms with E-state index in [4.69, 9.17) is 16.3 Å². The van der Waals surface area contributed by atoms with Gasteiger partial charge in [-0.05, 0) is 34.5 Å². The van der Waals surface area contributed by atoms with Crippen molar-refractivity contribution in [2.24, 2.45) is 0 Å². The molecule has 0 unspecified atom stereocenters. The number of hydrogen-bond acceptors (Lipinski definition) is 3. The predicted molar refractivity (Wildman–Crippen MR) is 66.8 cm³/mol. The molecule has 0 atom stereocenters. The van der Waals surface area contributed by atoms with Crippen molar-refractivity contribution in [1.82, 2.24) is 4.98 Å². The van der Waals surface area contributed by atoms with Gasteiger partial charge in [-0.15, -0.1) is 11.6 Å². The van der Waals surface area contributed by atoms with Gasteiger partial charge in [0.1, 0.15) is 5.69 Å². The molecule has 18 heavy (non-hydrogen) atoms. The molecular weight excluding hydrogens is 331 g/mol. The van der Waals surface area contributed by atoms with Gasteiger partial charge < -0.3 is 4.74 Å². The van der Waals surface area contributed by atoms with E-state index in [1.807, 2.05) is 0 Å². The van der Waals surface area contributed by atoms with Crippen molar-refractivity contribution in [2.75, 3.05) is 6.61 Å². The van der Waals surface area contributed by atoms with Crippen LogP contribution < -0.4 is 0 Å². The van der Waals surface area contributed by atoms with Crippen LogP contribution in [0.4, 0.5) is 8.78 Å². The lowest BCUT2D eigenvalue weighted by Crippen LogP contribution is -2.11. The zero-order valence-corrected chi connectivity index (χ0v) is 11.9. The number of alkyl halides is 3. The average Bonchev–Trinajstić information content (AvgIpc) is 2.29. The molecule has 0 spiro atoms. The smallest absolute Gasteiger partial charge is 0.310 e. The van der Waals surface area contributed by atoms with Crippen LogP contribution in [0.1, 0.15) is 30.3 Å². The third-order valence-electron chi connectivity index (χ3n) is 2.13. The minimum Gasteiger partial charge on any atom is -0.466 e. The van der Waals surface area contributed by atoms with E-state index in [0.29, 0.717) is 10.2 Å². The third-order valence-corrected chi connectivity index (χ3v) is 3.07. The molecule has 1 heterocycles. The van der Waals surface area contributed by atoms with E-state index in [0.717, 1.165) is 0 Å². The second kappa shape index (κ2) is 6.99. The summed E-state index contributed by atoms with van der Waals surface area (Å²) in [6.45, 7) is 1.86. The molecule has 0 aliphatic heterocycles. The largest absolute Gasteiger partial charge is 0.466 e. The maximum absolute atomic E-state index is 12.8. The molecule has 1 aromatic heterocycles. The molecule has 1 rings (SSSR count). The number of esters is 1. The predicted octanol–water partition coefficient (Wildman–Crippen LogP) is 3.63. The van der Waals surface area contributed by atoms with E-state index in [2.05, 4.69) is 20.9 Å². The summed E-state index contributed by atoms with van der Waals surface area (Å²) in [4.78, 5) is 15.1. The molecule has 0 fully saturated rings. The highest BCUT2D eigenvalue weighted by Gasteiger charge is 2.20. The highest BCUT2D eigenvalue weighted by Crippen LogP contribution is 2.27. The van der Waals surface area contributed by atoms with Gasteiger partial charge in [-0.3, -0.25) is 4.79 Å². The van der Waals surface area contributed by atoms with E-state index in [1.165, 1.54) is 6.07 Å². The zero-order valence-electron chi connectivity index (χ0n) is 9.55. The van der Waals surface area contributed by atoms with Crippen LogP contribution in [0, 0.1) is 0 Å². The third kappa shape index (κ3) is 3.88. The van der Waals surface area contributed by atoms with Gasteiger partial charge in [0.15, 0.2) is 0 Å². The molecule has 100 valence electrons. The van der Waals surface area contributed by atoms with Crippen molar-refractivity contribution in [1.29, 1.82) is 0 Å². The van der Waals surface area contributed by atoms with Gasteiger partial charge in [-0.1, -0.05) is 0 Å². The highest BCUT2D eigenvalue weighted by atomic mass is 79.9. The van der Waals surface area contributed by atoms with Crippen LogP contribution >= 0.6 is 27.5 Å². The van der Waals surface area contributed by atoms with Crippen molar-refractivity contribution in [2.45, 2.75) is 25.7 Å². The molecule has 7 heteroatoms. The van der Waals surface area contributed by atoms with Gasteiger partial charge in [0.25, 0.3) is 6.43 Å². The molecule has 0 amide bonds. The number of ether oxygens (including phenoxy) is 1. The van der Waals surface area contributed by atoms with Crippen molar-refractivity contribution in [3.8, 4) is 0 Å². The summed E-state index contributed by atoms with van der Waals surface area (Å²) in [5.41, 5.74) is 0.0330. The Morgan fingerprint density at radius 2 is 2.28 bits per heavy atom. The Kier molecular flexibility index (Phi) is 5.95. The fourth-order valence-corrected chi connectivity index (χ4v) is 2.24. The lowest BCUT2D eigenvalue weighted by atomic mass is 10.1. The summed E-state index contributed by atoms with van der Waals surface area (Å²) in [6, 6.07) is 1.43.